The Kier molecular flexibility index (Phi) is 5.47. The summed E-state index contributed by atoms with van der Waals surface area (Å²) in [5.74, 6) is 2.45. The second-order valence-corrected chi connectivity index (χ2v) is 3.00. The van der Waals surface area contributed by atoms with Gasteiger partial charge in [-0.15, -0.1) is 6.42 Å². The lowest BCUT2D eigenvalue weighted by molar-refractivity contribution is 1.40. The fraction of sp³-hybridized carbons (Fsp3) is 0.0667. The Morgan fingerprint density at radius 2 is 1.87 bits per heavy atom. The van der Waals surface area contributed by atoms with E-state index >= 15 is 0 Å². The smallest absolute Gasteiger partial charge is 0.0157 e. The molecule has 0 aromatic heterocycles. The van der Waals surface area contributed by atoms with Crippen LogP contribution in [0.1, 0.15) is 12.0 Å². The van der Waals surface area contributed by atoms with Gasteiger partial charge in [-0.2, -0.15) is 0 Å². The largest absolute Gasteiger partial charge is 0.115 e. The maximum absolute atomic E-state index is 5.07. The van der Waals surface area contributed by atoms with Gasteiger partial charge in [0.1, 0.15) is 0 Å². The van der Waals surface area contributed by atoms with E-state index in [1.54, 1.807) is 6.08 Å². The maximum Gasteiger partial charge on any atom is -0.0157 e. The van der Waals surface area contributed by atoms with Crippen molar-refractivity contribution in [2.75, 3.05) is 0 Å². The summed E-state index contributed by atoms with van der Waals surface area (Å²) in [5, 5.41) is 0. The molecule has 15 heavy (non-hydrogen) atoms. The van der Waals surface area contributed by atoms with Gasteiger partial charge in [-0.05, 0) is 18.1 Å². The first-order chi connectivity index (χ1) is 7.43. The first-order valence-electron chi connectivity index (χ1n) is 4.93. The predicted octanol–water partition coefficient (Wildman–Crippen LogP) is 3.84. The Labute approximate surface area is 91.6 Å². The first-order valence-corrected chi connectivity index (χ1v) is 4.93. The average Bonchev–Trinajstić information content (AvgIpc) is 2.29. The number of hydrogen-bond donors (Lipinski definition) is 0. The summed E-state index contributed by atoms with van der Waals surface area (Å²) in [5.41, 5.74) is 1.21. The molecule has 0 spiro atoms. The van der Waals surface area contributed by atoms with E-state index in [0.29, 0.717) is 0 Å². The van der Waals surface area contributed by atoms with Gasteiger partial charge in [0.2, 0.25) is 0 Å². The lowest BCUT2D eigenvalue weighted by Gasteiger charge is -1.88. The molecular weight excluding hydrogens is 180 g/mol. The van der Waals surface area contributed by atoms with Crippen LogP contribution in [0.4, 0.5) is 0 Å². The lowest BCUT2D eigenvalue weighted by atomic mass is 10.2. The van der Waals surface area contributed by atoms with Crippen molar-refractivity contribution in [1.29, 1.82) is 0 Å². The molecule has 0 unspecified atom stereocenters. The standard InChI is InChI=1S/C15H14/c1-2-3-4-5-6-7-9-12-15-13-10-8-11-14-15/h1,3-4,6-14H,5H2/b4-3+,7-6+,12-9+. The van der Waals surface area contributed by atoms with E-state index < -0.39 is 0 Å². The monoisotopic (exact) mass is 194 g/mol. The normalized spacial score (nSPS) is 11.4. The minimum Gasteiger partial charge on any atom is -0.115 e. The van der Waals surface area contributed by atoms with E-state index in [2.05, 4.69) is 30.2 Å². The van der Waals surface area contributed by atoms with Gasteiger partial charge < -0.3 is 0 Å². The van der Waals surface area contributed by atoms with Crippen LogP contribution < -0.4 is 0 Å². The van der Waals surface area contributed by atoms with Crippen LogP contribution in [0.5, 0.6) is 0 Å². The molecule has 0 amide bonds. The molecule has 0 saturated heterocycles. The van der Waals surface area contributed by atoms with Crippen molar-refractivity contribution < 1.29 is 0 Å². The summed E-state index contributed by atoms with van der Waals surface area (Å²) in [7, 11) is 0. The molecule has 0 heterocycles. The highest BCUT2D eigenvalue weighted by Crippen LogP contribution is 2.00. The average molecular weight is 194 g/mol. The molecule has 0 atom stereocenters. The van der Waals surface area contributed by atoms with E-state index in [4.69, 9.17) is 6.42 Å². The summed E-state index contributed by atoms with van der Waals surface area (Å²) in [4.78, 5) is 0. The molecule has 0 aliphatic heterocycles. The van der Waals surface area contributed by atoms with Gasteiger partial charge in [-0.1, -0.05) is 66.6 Å². The highest BCUT2D eigenvalue weighted by molar-refractivity contribution is 5.50. The summed E-state index contributed by atoms with van der Waals surface area (Å²) >= 11 is 0. The zero-order valence-corrected chi connectivity index (χ0v) is 8.64. The first kappa shape index (κ1) is 11.1. The molecule has 0 aliphatic rings. The van der Waals surface area contributed by atoms with Gasteiger partial charge in [0.15, 0.2) is 0 Å². The zero-order valence-electron chi connectivity index (χ0n) is 8.64. The molecule has 0 fully saturated rings. The second kappa shape index (κ2) is 7.41. The van der Waals surface area contributed by atoms with Gasteiger partial charge in [0.25, 0.3) is 0 Å². The van der Waals surface area contributed by atoms with E-state index in [1.807, 2.05) is 36.4 Å². The highest BCUT2D eigenvalue weighted by Gasteiger charge is 1.79. The molecule has 0 N–H and O–H groups in total. The lowest BCUT2D eigenvalue weighted by Crippen LogP contribution is -1.66. The van der Waals surface area contributed by atoms with Crippen LogP contribution in [-0.2, 0) is 0 Å². The predicted molar refractivity (Wildman–Crippen MR) is 67.2 cm³/mol. The van der Waals surface area contributed by atoms with Crippen molar-refractivity contribution in [3.05, 3.63) is 66.3 Å². The fourth-order valence-electron chi connectivity index (χ4n) is 1.10. The third-order valence-corrected chi connectivity index (χ3v) is 1.82. The molecule has 0 aliphatic carbocycles. The van der Waals surface area contributed by atoms with E-state index in [0.717, 1.165) is 6.42 Å². The molecular formula is C15H14. The topological polar surface area (TPSA) is 0 Å². The molecule has 1 aromatic rings. The molecule has 0 bridgehead atoms. The summed E-state index contributed by atoms with van der Waals surface area (Å²) in [6.45, 7) is 0. The summed E-state index contributed by atoms with van der Waals surface area (Å²) < 4.78 is 0. The second-order valence-electron chi connectivity index (χ2n) is 3.00. The fourth-order valence-corrected chi connectivity index (χ4v) is 1.10. The van der Waals surface area contributed by atoms with Crippen LogP contribution in [-0.4, -0.2) is 0 Å². The quantitative estimate of drug-likeness (QED) is 0.504. The van der Waals surface area contributed by atoms with Gasteiger partial charge in [0.05, 0.1) is 0 Å². The number of allylic oxidation sites excluding steroid dienone is 5. The molecule has 0 radical (unpaired) electrons. The zero-order chi connectivity index (χ0) is 10.8. The molecule has 0 nitrogen and oxygen atoms in total. The molecule has 1 aromatic carbocycles. The molecule has 0 heteroatoms. The third-order valence-electron chi connectivity index (χ3n) is 1.82. The van der Waals surface area contributed by atoms with E-state index in [1.165, 1.54) is 5.56 Å². The molecule has 74 valence electrons. The minimum atomic E-state index is 0.878. The Morgan fingerprint density at radius 3 is 2.60 bits per heavy atom. The Hall–Kier alpha value is -2.00. The SMILES string of the molecule is C#C/C=C/C/C=C/C=C/c1ccccc1. The third kappa shape index (κ3) is 5.33. The van der Waals surface area contributed by atoms with Crippen LogP contribution in [0.25, 0.3) is 6.08 Å². The van der Waals surface area contributed by atoms with Crippen LogP contribution in [0.2, 0.25) is 0 Å². The van der Waals surface area contributed by atoms with Crippen molar-refractivity contribution in [2.24, 2.45) is 0 Å². The number of terminal acetylenes is 1. The molecule has 1 rings (SSSR count). The van der Waals surface area contributed by atoms with Crippen molar-refractivity contribution in [3.8, 4) is 12.3 Å². The molecule has 0 saturated carbocycles. The Morgan fingerprint density at radius 1 is 1.07 bits per heavy atom. The van der Waals surface area contributed by atoms with Gasteiger partial charge in [0, 0.05) is 0 Å². The van der Waals surface area contributed by atoms with Crippen molar-refractivity contribution in [3.63, 3.8) is 0 Å². The van der Waals surface area contributed by atoms with Crippen LogP contribution in [0.15, 0.2) is 60.7 Å². The van der Waals surface area contributed by atoms with Gasteiger partial charge in [-0.25, -0.2) is 0 Å². The van der Waals surface area contributed by atoms with Crippen molar-refractivity contribution in [1.82, 2.24) is 0 Å². The Bertz CT molecular complexity index is 386. The number of hydrogen-bond acceptors (Lipinski definition) is 0. The maximum atomic E-state index is 5.07. The summed E-state index contributed by atoms with van der Waals surface area (Å²) in [6, 6.07) is 10.2. The summed E-state index contributed by atoms with van der Waals surface area (Å²) in [6.07, 6.45) is 17.8. The van der Waals surface area contributed by atoms with Crippen LogP contribution in [0.3, 0.4) is 0 Å². The highest BCUT2D eigenvalue weighted by atomic mass is 13.8. The van der Waals surface area contributed by atoms with Gasteiger partial charge in [-0.3, -0.25) is 0 Å². The number of rotatable bonds is 4. The Balaban J connectivity index is 2.34. The minimum absolute atomic E-state index is 0.878. The number of benzene rings is 1. The van der Waals surface area contributed by atoms with Gasteiger partial charge >= 0.3 is 0 Å². The van der Waals surface area contributed by atoms with E-state index in [9.17, 15) is 0 Å². The van der Waals surface area contributed by atoms with E-state index in [-0.39, 0.29) is 0 Å². The van der Waals surface area contributed by atoms with Crippen LogP contribution >= 0.6 is 0 Å². The van der Waals surface area contributed by atoms with Crippen LogP contribution in [0, 0.1) is 12.3 Å². The van der Waals surface area contributed by atoms with Crippen molar-refractivity contribution in [2.45, 2.75) is 6.42 Å². The van der Waals surface area contributed by atoms with Crippen molar-refractivity contribution >= 4 is 6.08 Å².